The summed E-state index contributed by atoms with van der Waals surface area (Å²) in [7, 11) is 1.73. The molecule has 2 aliphatic heterocycles. The molecule has 0 unspecified atom stereocenters. The van der Waals surface area contributed by atoms with Crippen molar-refractivity contribution in [3.8, 4) is 16.9 Å². The van der Waals surface area contributed by atoms with Gasteiger partial charge < -0.3 is 19.8 Å². The number of phenols is 1. The molecule has 3 heterocycles. The Hall–Kier alpha value is -4.20. The smallest absolute Gasteiger partial charge is 0.251 e. The van der Waals surface area contributed by atoms with Crippen molar-refractivity contribution in [2.75, 3.05) is 36.5 Å². The van der Waals surface area contributed by atoms with E-state index in [9.17, 15) is 14.7 Å². The first-order chi connectivity index (χ1) is 18.8. The van der Waals surface area contributed by atoms with E-state index in [1.165, 1.54) is 24.3 Å². The molecule has 8 heteroatoms. The lowest BCUT2D eigenvalue weighted by Gasteiger charge is -2.47. The van der Waals surface area contributed by atoms with E-state index in [-0.39, 0.29) is 29.7 Å². The number of aromatic nitrogens is 1. The molecule has 1 fully saturated rings. The number of aromatic hydroxyl groups is 1. The van der Waals surface area contributed by atoms with E-state index in [1.54, 1.807) is 23.0 Å². The van der Waals surface area contributed by atoms with Crippen molar-refractivity contribution in [2.24, 2.45) is 0 Å². The van der Waals surface area contributed by atoms with Crippen LogP contribution in [0.25, 0.3) is 28.1 Å². The average Bonchev–Trinajstić information content (AvgIpc) is 2.94. The van der Waals surface area contributed by atoms with Crippen LogP contribution in [0.15, 0.2) is 49.2 Å². The van der Waals surface area contributed by atoms with Crippen molar-refractivity contribution in [1.82, 2.24) is 9.88 Å². The number of piperazine rings is 1. The predicted molar refractivity (Wildman–Crippen MR) is 153 cm³/mol. The van der Waals surface area contributed by atoms with Crippen molar-refractivity contribution >= 4 is 40.2 Å². The first-order valence-electron chi connectivity index (χ1n) is 13.4. The van der Waals surface area contributed by atoms with Crippen molar-refractivity contribution in [3.05, 3.63) is 66.1 Å². The maximum Gasteiger partial charge on any atom is 0.251 e. The predicted octanol–water partition coefficient (Wildman–Crippen LogP) is 5.30. The molecule has 0 saturated carbocycles. The van der Waals surface area contributed by atoms with Crippen molar-refractivity contribution in [1.29, 1.82) is 0 Å². The fraction of sp³-hybridized carbons (Fsp3) is 0.323. The van der Waals surface area contributed by atoms with Gasteiger partial charge in [0, 0.05) is 36.7 Å². The third-order valence-corrected chi connectivity index (χ3v) is 7.64. The molecule has 0 spiro atoms. The second-order valence-electron chi connectivity index (χ2n) is 10.0. The molecule has 0 radical (unpaired) electrons. The molecule has 2 aliphatic rings. The number of hydrogen-bond acceptors (Lipinski definition) is 5. The zero-order valence-electron chi connectivity index (χ0n) is 22.6. The van der Waals surface area contributed by atoms with Crippen LogP contribution >= 0.6 is 0 Å². The Morgan fingerprint density at radius 3 is 2.74 bits per heavy atom. The van der Waals surface area contributed by atoms with Crippen LogP contribution in [0, 0.1) is 5.82 Å². The number of nitrogens with zero attached hydrogens (tertiary/aromatic N) is 4. The average molecular weight is 529 g/mol. The lowest BCUT2D eigenvalue weighted by molar-refractivity contribution is -0.128. The maximum atomic E-state index is 15.3. The third-order valence-electron chi connectivity index (χ3n) is 7.64. The SMILES string of the molecule is C=CC(=O)N1CCN2c3c(cnc4c(/C=C/CC)c(-c5c(O)cccc5F)c(CCC)cc34)N(C)C(=O)[C@H]2C1. The number of phenolic OH excluding ortho intramolecular Hbond substituents is 1. The summed E-state index contributed by atoms with van der Waals surface area (Å²) in [6.07, 6.45) is 9.19. The van der Waals surface area contributed by atoms with E-state index >= 15 is 4.39 Å². The van der Waals surface area contributed by atoms with Crippen LogP contribution in [0.2, 0.25) is 0 Å². The van der Waals surface area contributed by atoms with Crippen LogP contribution in [-0.2, 0) is 16.0 Å². The second-order valence-corrected chi connectivity index (χ2v) is 10.0. The van der Waals surface area contributed by atoms with Gasteiger partial charge in [-0.05, 0) is 42.7 Å². The number of rotatable bonds is 6. The van der Waals surface area contributed by atoms with E-state index < -0.39 is 11.9 Å². The van der Waals surface area contributed by atoms with Gasteiger partial charge in [0.05, 0.1) is 35.2 Å². The molecule has 2 aromatic carbocycles. The number of aryl methyl sites for hydroxylation is 1. The summed E-state index contributed by atoms with van der Waals surface area (Å²) in [6.45, 7) is 8.90. The summed E-state index contributed by atoms with van der Waals surface area (Å²) in [5.74, 6) is -0.909. The Balaban J connectivity index is 1.82. The van der Waals surface area contributed by atoms with Crippen LogP contribution in [0.3, 0.4) is 0 Å². The number of hydrogen-bond donors (Lipinski definition) is 1. The van der Waals surface area contributed by atoms with Crippen molar-refractivity contribution < 1.29 is 19.1 Å². The number of likely N-dealkylation sites (N-methyl/N-ethyl adjacent to an activating group) is 1. The number of allylic oxidation sites excluding steroid dienone is 1. The number of anilines is 2. The third kappa shape index (κ3) is 4.33. The molecular formula is C31H33FN4O3. The number of benzene rings is 2. The molecule has 1 saturated heterocycles. The number of pyridine rings is 1. The highest BCUT2D eigenvalue weighted by Crippen LogP contribution is 2.46. The van der Waals surface area contributed by atoms with Gasteiger partial charge in [-0.25, -0.2) is 4.39 Å². The van der Waals surface area contributed by atoms with Gasteiger partial charge in [-0.15, -0.1) is 0 Å². The first-order valence-corrected chi connectivity index (χ1v) is 13.4. The number of amides is 2. The van der Waals surface area contributed by atoms with Gasteiger partial charge >= 0.3 is 0 Å². The number of fused-ring (bicyclic) bond motifs is 5. The highest BCUT2D eigenvalue weighted by atomic mass is 19.1. The largest absolute Gasteiger partial charge is 0.507 e. The molecule has 0 aliphatic carbocycles. The van der Waals surface area contributed by atoms with Gasteiger partial charge in [0.2, 0.25) is 5.91 Å². The molecule has 2 amide bonds. The zero-order valence-corrected chi connectivity index (χ0v) is 22.6. The van der Waals surface area contributed by atoms with Crippen LogP contribution in [0.1, 0.15) is 37.8 Å². The fourth-order valence-corrected chi connectivity index (χ4v) is 5.80. The number of halogens is 1. The highest BCUT2D eigenvalue weighted by molar-refractivity contribution is 6.14. The van der Waals surface area contributed by atoms with Gasteiger partial charge in [0.1, 0.15) is 17.6 Å². The Morgan fingerprint density at radius 2 is 2.05 bits per heavy atom. The quantitative estimate of drug-likeness (QED) is 0.440. The number of carbonyl (C=O) groups excluding carboxylic acids is 2. The fourth-order valence-electron chi connectivity index (χ4n) is 5.80. The minimum Gasteiger partial charge on any atom is -0.507 e. The molecule has 1 atom stereocenters. The standard InChI is InChI=1S/C31H33FN4O3/c1-5-8-11-20-27(28-22(32)12-9-13-25(28)37)19(10-6-2)16-21-29(20)33-17-23-30(21)36-15-14-35(26(38)7-3)18-24(36)31(39)34(23)4/h7-9,11-13,16-17,24,37H,3,5-6,10,14-15,18H2,1-2,4H3/b11-8+/t24-/m1/s1. The number of carbonyl (C=O) groups is 2. The van der Waals surface area contributed by atoms with Gasteiger partial charge in [-0.2, -0.15) is 0 Å². The lowest BCUT2D eigenvalue weighted by Crippen LogP contribution is -2.62. The van der Waals surface area contributed by atoms with Crippen LogP contribution in [0.4, 0.5) is 15.8 Å². The van der Waals surface area contributed by atoms with Gasteiger partial charge in [-0.1, -0.05) is 45.1 Å². The Bertz CT molecular complexity index is 1500. The van der Waals surface area contributed by atoms with E-state index in [2.05, 4.69) is 18.4 Å². The van der Waals surface area contributed by atoms with E-state index in [1.807, 2.05) is 25.1 Å². The van der Waals surface area contributed by atoms with Crippen molar-refractivity contribution in [3.63, 3.8) is 0 Å². The molecule has 39 heavy (non-hydrogen) atoms. The Kier molecular flexibility index (Phi) is 7.12. The summed E-state index contributed by atoms with van der Waals surface area (Å²) in [4.78, 5) is 36.0. The Morgan fingerprint density at radius 1 is 1.26 bits per heavy atom. The first kappa shape index (κ1) is 26.4. The summed E-state index contributed by atoms with van der Waals surface area (Å²) < 4.78 is 15.3. The summed E-state index contributed by atoms with van der Waals surface area (Å²) in [6, 6.07) is 5.86. The molecule has 202 valence electrons. The lowest BCUT2D eigenvalue weighted by atomic mass is 9.87. The van der Waals surface area contributed by atoms with Gasteiger partial charge in [0.25, 0.3) is 5.91 Å². The van der Waals surface area contributed by atoms with E-state index in [0.29, 0.717) is 36.3 Å². The van der Waals surface area contributed by atoms with Crippen LogP contribution in [0.5, 0.6) is 5.75 Å². The molecular weight excluding hydrogens is 495 g/mol. The molecule has 5 rings (SSSR count). The molecule has 1 N–H and O–H groups in total. The Labute approximate surface area is 227 Å². The van der Waals surface area contributed by atoms with Crippen molar-refractivity contribution in [2.45, 2.75) is 39.2 Å². The van der Waals surface area contributed by atoms with E-state index in [4.69, 9.17) is 4.98 Å². The highest BCUT2D eigenvalue weighted by Gasteiger charge is 2.42. The molecule has 7 nitrogen and oxygen atoms in total. The topological polar surface area (TPSA) is 77.0 Å². The monoisotopic (exact) mass is 528 g/mol. The summed E-state index contributed by atoms with van der Waals surface area (Å²) in [5.41, 5.74) is 4.68. The summed E-state index contributed by atoms with van der Waals surface area (Å²) >= 11 is 0. The molecule has 0 bridgehead atoms. The van der Waals surface area contributed by atoms with Gasteiger partial charge in [-0.3, -0.25) is 14.6 Å². The molecule has 1 aromatic heterocycles. The summed E-state index contributed by atoms with van der Waals surface area (Å²) in [5, 5.41) is 11.6. The van der Waals surface area contributed by atoms with E-state index in [0.717, 1.165) is 35.0 Å². The van der Waals surface area contributed by atoms with Gasteiger partial charge in [0.15, 0.2) is 0 Å². The molecule has 3 aromatic rings. The maximum absolute atomic E-state index is 15.3. The second kappa shape index (κ2) is 10.5. The van der Waals surface area contributed by atoms with Crippen LogP contribution in [-0.4, -0.2) is 59.5 Å². The zero-order chi connectivity index (χ0) is 27.8. The minimum absolute atomic E-state index is 0.0991. The minimum atomic E-state index is -0.537. The normalized spacial score (nSPS) is 17.1. The van der Waals surface area contributed by atoms with Crippen LogP contribution < -0.4 is 9.80 Å².